The number of H-pyrrole nitrogens is 1. The van der Waals surface area contributed by atoms with Gasteiger partial charge in [0.15, 0.2) is 0 Å². The second-order valence-corrected chi connectivity index (χ2v) is 7.50. The minimum atomic E-state index is -0.507. The molecule has 4 rings (SSSR count). The lowest BCUT2D eigenvalue weighted by atomic mass is 10.1. The normalized spacial score (nSPS) is 11.0. The van der Waals surface area contributed by atoms with Gasteiger partial charge in [0.1, 0.15) is 4.88 Å². The van der Waals surface area contributed by atoms with E-state index in [0.29, 0.717) is 4.88 Å². The summed E-state index contributed by atoms with van der Waals surface area (Å²) in [5.41, 5.74) is 5.80. The van der Waals surface area contributed by atoms with Gasteiger partial charge in [-0.25, -0.2) is 4.79 Å². The third-order valence-corrected chi connectivity index (χ3v) is 5.68. The number of carbonyl (C=O) groups excluding carboxylic acids is 1. The monoisotopic (exact) mass is 391 g/mol. The molecule has 0 radical (unpaired) electrons. The van der Waals surface area contributed by atoms with E-state index >= 15 is 0 Å². The molecule has 0 fully saturated rings. The molecular formula is C22H21N3O2S. The van der Waals surface area contributed by atoms with E-state index in [1.165, 1.54) is 33.4 Å². The topological polar surface area (TPSA) is 80.1 Å². The SMILES string of the molecule is NOC(=O)c1cc(-c2ccc(CNCCc3c[nH]c4ccccc34)cc2)cs1. The van der Waals surface area contributed by atoms with E-state index in [0.717, 1.165) is 30.6 Å². The van der Waals surface area contributed by atoms with E-state index in [9.17, 15) is 4.79 Å². The first-order chi connectivity index (χ1) is 13.7. The van der Waals surface area contributed by atoms with Crippen LogP contribution in [0.2, 0.25) is 0 Å². The lowest BCUT2D eigenvalue weighted by Gasteiger charge is -2.06. The Morgan fingerprint density at radius 2 is 1.93 bits per heavy atom. The summed E-state index contributed by atoms with van der Waals surface area (Å²) >= 11 is 1.33. The Balaban J connectivity index is 1.31. The summed E-state index contributed by atoms with van der Waals surface area (Å²) in [4.78, 5) is 19.6. The van der Waals surface area contributed by atoms with Gasteiger partial charge in [-0.3, -0.25) is 0 Å². The molecule has 0 aliphatic carbocycles. The van der Waals surface area contributed by atoms with Crippen LogP contribution in [-0.2, 0) is 17.8 Å². The molecule has 4 N–H and O–H groups in total. The van der Waals surface area contributed by atoms with Crippen molar-refractivity contribution < 1.29 is 9.63 Å². The number of nitrogens with two attached hydrogens (primary N) is 1. The molecule has 0 amide bonds. The highest BCUT2D eigenvalue weighted by atomic mass is 32.1. The number of aromatic nitrogens is 1. The summed E-state index contributed by atoms with van der Waals surface area (Å²) in [6.45, 7) is 1.73. The molecule has 0 bridgehead atoms. The molecule has 2 aromatic heterocycles. The van der Waals surface area contributed by atoms with Crippen molar-refractivity contribution in [3.8, 4) is 11.1 Å². The Hall–Kier alpha value is -2.93. The Kier molecular flexibility index (Phi) is 5.53. The third-order valence-electron chi connectivity index (χ3n) is 4.77. The van der Waals surface area contributed by atoms with Crippen LogP contribution in [0.4, 0.5) is 0 Å². The van der Waals surface area contributed by atoms with E-state index in [4.69, 9.17) is 5.90 Å². The fraction of sp³-hybridized carbons (Fsp3) is 0.136. The van der Waals surface area contributed by atoms with Gasteiger partial charge < -0.3 is 15.1 Å². The smallest absolute Gasteiger partial charge is 0.366 e. The van der Waals surface area contributed by atoms with Crippen molar-refractivity contribution in [2.45, 2.75) is 13.0 Å². The highest BCUT2D eigenvalue weighted by Gasteiger charge is 2.10. The Morgan fingerprint density at radius 3 is 2.75 bits per heavy atom. The lowest BCUT2D eigenvalue weighted by Crippen LogP contribution is -2.16. The Bertz CT molecular complexity index is 1080. The van der Waals surface area contributed by atoms with Crippen molar-refractivity contribution in [2.24, 2.45) is 5.90 Å². The molecule has 0 atom stereocenters. The predicted octanol–water partition coefficient (Wildman–Crippen LogP) is 4.26. The largest absolute Gasteiger partial charge is 0.369 e. The zero-order valence-corrected chi connectivity index (χ0v) is 16.1. The van der Waals surface area contributed by atoms with Crippen LogP contribution in [-0.4, -0.2) is 17.5 Å². The quantitative estimate of drug-likeness (QED) is 0.325. The number of nitrogens with one attached hydrogen (secondary N) is 2. The van der Waals surface area contributed by atoms with Crippen LogP contribution < -0.4 is 11.2 Å². The van der Waals surface area contributed by atoms with Gasteiger partial charge in [0.25, 0.3) is 0 Å². The summed E-state index contributed by atoms with van der Waals surface area (Å²) in [6, 6.07) is 18.5. The van der Waals surface area contributed by atoms with E-state index in [2.05, 4.69) is 63.8 Å². The number of carbonyl (C=O) groups is 1. The second kappa shape index (κ2) is 8.39. The maximum absolute atomic E-state index is 11.5. The van der Waals surface area contributed by atoms with Crippen LogP contribution in [0.1, 0.15) is 20.8 Å². The molecule has 4 aromatic rings. The third kappa shape index (κ3) is 3.99. The molecule has 0 aliphatic rings. The summed E-state index contributed by atoms with van der Waals surface area (Å²) in [5, 5.41) is 6.73. The number of rotatable bonds is 7. The molecule has 142 valence electrons. The van der Waals surface area contributed by atoms with Gasteiger partial charge in [0.2, 0.25) is 0 Å². The maximum Gasteiger partial charge on any atom is 0.366 e. The van der Waals surface area contributed by atoms with Crippen LogP contribution in [0.15, 0.2) is 66.2 Å². The van der Waals surface area contributed by atoms with Gasteiger partial charge in [-0.2, -0.15) is 5.90 Å². The fourth-order valence-corrected chi connectivity index (χ4v) is 4.06. The van der Waals surface area contributed by atoms with Crippen molar-refractivity contribution in [3.05, 3.63) is 82.2 Å². The maximum atomic E-state index is 11.5. The summed E-state index contributed by atoms with van der Waals surface area (Å²) in [5.74, 6) is 4.43. The molecule has 0 saturated carbocycles. The first kappa shape index (κ1) is 18.4. The van der Waals surface area contributed by atoms with E-state index in [1.807, 2.05) is 11.4 Å². The van der Waals surface area contributed by atoms with Crippen LogP contribution >= 0.6 is 11.3 Å². The average molecular weight is 391 g/mol. The van der Waals surface area contributed by atoms with Gasteiger partial charge >= 0.3 is 5.97 Å². The molecular weight excluding hydrogens is 370 g/mol. The number of benzene rings is 2. The van der Waals surface area contributed by atoms with E-state index in [-0.39, 0.29) is 0 Å². The lowest BCUT2D eigenvalue weighted by molar-refractivity contribution is 0.0509. The second-order valence-electron chi connectivity index (χ2n) is 6.59. The van der Waals surface area contributed by atoms with Crippen molar-refractivity contribution >= 4 is 28.2 Å². The van der Waals surface area contributed by atoms with Crippen molar-refractivity contribution in [3.63, 3.8) is 0 Å². The number of fused-ring (bicyclic) bond motifs is 1. The van der Waals surface area contributed by atoms with Crippen LogP contribution in [0.5, 0.6) is 0 Å². The standard InChI is InChI=1S/C22H21N3O2S/c23-27-22(26)21-11-18(14-28-21)16-7-5-15(6-8-16)12-24-10-9-17-13-25-20-4-2-1-3-19(17)20/h1-8,11,13-14,24-25H,9-10,12,23H2. The molecule has 0 spiro atoms. The summed E-state index contributed by atoms with van der Waals surface area (Å²) in [6.07, 6.45) is 3.08. The van der Waals surface area contributed by atoms with Crippen LogP contribution in [0.25, 0.3) is 22.0 Å². The minimum absolute atomic E-state index is 0.500. The highest BCUT2D eigenvalue weighted by Crippen LogP contribution is 2.26. The number of hydrogen-bond acceptors (Lipinski definition) is 5. The van der Waals surface area contributed by atoms with Crippen molar-refractivity contribution in [2.75, 3.05) is 6.54 Å². The highest BCUT2D eigenvalue weighted by molar-refractivity contribution is 7.12. The zero-order valence-electron chi connectivity index (χ0n) is 15.3. The van der Waals surface area contributed by atoms with Gasteiger partial charge in [-0.05, 0) is 52.7 Å². The van der Waals surface area contributed by atoms with Gasteiger partial charge in [0, 0.05) is 23.6 Å². The summed E-state index contributed by atoms with van der Waals surface area (Å²) < 4.78 is 0. The molecule has 0 unspecified atom stereocenters. The average Bonchev–Trinajstić information content (AvgIpc) is 3.39. The first-order valence-corrected chi connectivity index (χ1v) is 9.97. The number of thiophene rings is 1. The van der Waals surface area contributed by atoms with E-state index in [1.54, 1.807) is 6.07 Å². The Morgan fingerprint density at radius 1 is 1.11 bits per heavy atom. The van der Waals surface area contributed by atoms with Gasteiger partial charge in [-0.15, -0.1) is 11.3 Å². The minimum Gasteiger partial charge on any atom is -0.369 e. The fourth-order valence-electron chi connectivity index (χ4n) is 3.26. The molecule has 2 aromatic carbocycles. The zero-order chi connectivity index (χ0) is 19.3. The van der Waals surface area contributed by atoms with Crippen LogP contribution in [0, 0.1) is 0 Å². The van der Waals surface area contributed by atoms with Gasteiger partial charge in [-0.1, -0.05) is 42.5 Å². The number of hydrogen-bond donors (Lipinski definition) is 3. The van der Waals surface area contributed by atoms with Crippen molar-refractivity contribution in [1.29, 1.82) is 0 Å². The molecule has 2 heterocycles. The first-order valence-electron chi connectivity index (χ1n) is 9.09. The van der Waals surface area contributed by atoms with E-state index < -0.39 is 5.97 Å². The Labute approximate surface area is 167 Å². The number of para-hydroxylation sites is 1. The molecule has 28 heavy (non-hydrogen) atoms. The molecule has 5 nitrogen and oxygen atoms in total. The molecule has 6 heteroatoms. The van der Waals surface area contributed by atoms with Gasteiger partial charge in [0.05, 0.1) is 0 Å². The number of aromatic amines is 1. The molecule has 0 saturated heterocycles. The van der Waals surface area contributed by atoms with Crippen LogP contribution in [0.3, 0.4) is 0 Å². The summed E-state index contributed by atoms with van der Waals surface area (Å²) in [7, 11) is 0. The van der Waals surface area contributed by atoms with Crippen molar-refractivity contribution in [1.82, 2.24) is 10.3 Å². The predicted molar refractivity (Wildman–Crippen MR) is 113 cm³/mol. The molecule has 0 aliphatic heterocycles.